The minimum atomic E-state index is -0.942. The highest BCUT2D eigenvalue weighted by Gasteiger charge is 2.51. The van der Waals surface area contributed by atoms with Gasteiger partial charge in [-0.05, 0) is 19.3 Å². The van der Waals surface area contributed by atoms with Gasteiger partial charge in [0.05, 0.1) is 12.0 Å². The van der Waals surface area contributed by atoms with Crippen molar-refractivity contribution in [1.29, 1.82) is 0 Å². The SMILES string of the molecule is O=C(O)CC1(N2C(=O)CCC2=O)CCC1. The smallest absolute Gasteiger partial charge is 0.305 e. The number of carboxylic acids is 1. The van der Waals surface area contributed by atoms with Crippen molar-refractivity contribution >= 4 is 17.8 Å². The average Bonchev–Trinajstić information content (AvgIpc) is 2.40. The van der Waals surface area contributed by atoms with Gasteiger partial charge in [0.25, 0.3) is 0 Å². The number of aliphatic carboxylic acids is 1. The third kappa shape index (κ3) is 1.52. The number of carboxylic acid groups (broad SMARTS) is 1. The van der Waals surface area contributed by atoms with Gasteiger partial charge in [-0.2, -0.15) is 0 Å². The van der Waals surface area contributed by atoms with Crippen LogP contribution in [-0.2, 0) is 14.4 Å². The fraction of sp³-hybridized carbons (Fsp3) is 0.700. The van der Waals surface area contributed by atoms with E-state index in [1.165, 1.54) is 4.90 Å². The van der Waals surface area contributed by atoms with Crippen LogP contribution in [0.3, 0.4) is 0 Å². The highest BCUT2D eigenvalue weighted by atomic mass is 16.4. The average molecular weight is 211 g/mol. The second kappa shape index (κ2) is 3.32. The maximum Gasteiger partial charge on any atom is 0.305 e. The van der Waals surface area contributed by atoms with Gasteiger partial charge in [0.15, 0.2) is 0 Å². The molecule has 1 saturated heterocycles. The van der Waals surface area contributed by atoms with E-state index >= 15 is 0 Å². The first kappa shape index (κ1) is 10.1. The number of nitrogens with zero attached hydrogens (tertiary/aromatic N) is 1. The largest absolute Gasteiger partial charge is 0.481 e. The Hall–Kier alpha value is -1.39. The molecule has 0 bridgehead atoms. The Morgan fingerprint density at radius 2 is 1.80 bits per heavy atom. The molecule has 1 heterocycles. The molecule has 2 fully saturated rings. The summed E-state index contributed by atoms with van der Waals surface area (Å²) in [5.74, 6) is -1.36. The molecular formula is C10H13NO4. The van der Waals surface area contributed by atoms with Crippen molar-refractivity contribution in [1.82, 2.24) is 4.90 Å². The van der Waals surface area contributed by atoms with Gasteiger partial charge >= 0.3 is 5.97 Å². The second-order valence-electron chi connectivity index (χ2n) is 4.27. The maximum atomic E-state index is 11.5. The first-order valence-corrected chi connectivity index (χ1v) is 5.13. The van der Waals surface area contributed by atoms with E-state index in [9.17, 15) is 14.4 Å². The second-order valence-corrected chi connectivity index (χ2v) is 4.27. The molecule has 5 nitrogen and oxygen atoms in total. The lowest BCUT2D eigenvalue weighted by Crippen LogP contribution is -2.57. The zero-order valence-electron chi connectivity index (χ0n) is 8.36. The predicted molar refractivity (Wildman–Crippen MR) is 49.9 cm³/mol. The zero-order chi connectivity index (χ0) is 11.1. The predicted octanol–water partition coefficient (Wildman–Crippen LogP) is 0.533. The molecule has 2 amide bonds. The normalized spacial score (nSPS) is 24.1. The van der Waals surface area contributed by atoms with Crippen molar-refractivity contribution in [2.45, 2.75) is 44.1 Å². The van der Waals surface area contributed by atoms with Crippen molar-refractivity contribution in [2.24, 2.45) is 0 Å². The minimum Gasteiger partial charge on any atom is -0.481 e. The quantitative estimate of drug-likeness (QED) is 0.691. The van der Waals surface area contributed by atoms with Crippen molar-refractivity contribution in [3.8, 4) is 0 Å². The number of carbonyl (C=O) groups excluding carboxylic acids is 2. The Balaban J connectivity index is 2.21. The minimum absolute atomic E-state index is 0.107. The molecule has 1 N–H and O–H groups in total. The van der Waals surface area contributed by atoms with Crippen LogP contribution in [0.15, 0.2) is 0 Å². The van der Waals surface area contributed by atoms with Crippen LogP contribution in [0.1, 0.15) is 38.5 Å². The highest BCUT2D eigenvalue weighted by molar-refractivity contribution is 6.03. The number of imide groups is 1. The topological polar surface area (TPSA) is 74.7 Å². The lowest BCUT2D eigenvalue weighted by atomic mass is 9.73. The van der Waals surface area contributed by atoms with Crippen molar-refractivity contribution in [3.05, 3.63) is 0 Å². The molecule has 0 aromatic heterocycles. The number of rotatable bonds is 3. The summed E-state index contributed by atoms with van der Waals surface area (Å²) < 4.78 is 0. The van der Waals surface area contributed by atoms with Crippen LogP contribution in [0.2, 0.25) is 0 Å². The van der Waals surface area contributed by atoms with Crippen LogP contribution >= 0.6 is 0 Å². The van der Waals surface area contributed by atoms with Crippen LogP contribution in [0.5, 0.6) is 0 Å². The first-order valence-electron chi connectivity index (χ1n) is 5.13. The third-order valence-corrected chi connectivity index (χ3v) is 3.29. The van der Waals surface area contributed by atoms with Crippen molar-refractivity contribution in [2.75, 3.05) is 0 Å². The fourth-order valence-electron chi connectivity index (χ4n) is 2.45. The maximum absolute atomic E-state index is 11.5. The number of likely N-dealkylation sites (tertiary alicyclic amines) is 1. The molecule has 0 aromatic rings. The van der Waals surface area contributed by atoms with Crippen LogP contribution in [0.4, 0.5) is 0 Å². The van der Waals surface area contributed by atoms with Crippen LogP contribution in [-0.4, -0.2) is 33.3 Å². The summed E-state index contributed by atoms with van der Waals surface area (Å²) in [7, 11) is 0. The molecule has 0 aromatic carbocycles. The molecule has 0 atom stereocenters. The van der Waals surface area contributed by atoms with E-state index in [2.05, 4.69) is 0 Å². The molecular weight excluding hydrogens is 198 g/mol. The summed E-state index contributed by atoms with van der Waals surface area (Å²) in [6, 6.07) is 0. The van der Waals surface area contributed by atoms with E-state index in [1.807, 2.05) is 0 Å². The molecule has 1 aliphatic carbocycles. The molecule has 15 heavy (non-hydrogen) atoms. The van der Waals surface area contributed by atoms with Crippen molar-refractivity contribution in [3.63, 3.8) is 0 Å². The van der Waals surface area contributed by atoms with E-state index in [-0.39, 0.29) is 31.1 Å². The van der Waals surface area contributed by atoms with E-state index in [1.54, 1.807) is 0 Å². The Morgan fingerprint density at radius 3 is 2.13 bits per heavy atom. The van der Waals surface area contributed by atoms with Gasteiger partial charge < -0.3 is 5.11 Å². The standard InChI is InChI=1S/C10H13NO4/c12-7-2-3-8(13)11(7)10(4-1-5-10)6-9(14)15/h1-6H2,(H,14,15). The van der Waals surface area contributed by atoms with Crippen LogP contribution in [0, 0.1) is 0 Å². The third-order valence-electron chi connectivity index (χ3n) is 3.29. The Bertz CT molecular complexity index is 316. The van der Waals surface area contributed by atoms with Crippen LogP contribution in [0.25, 0.3) is 0 Å². The van der Waals surface area contributed by atoms with E-state index < -0.39 is 11.5 Å². The lowest BCUT2D eigenvalue weighted by Gasteiger charge is -2.46. The van der Waals surface area contributed by atoms with Gasteiger partial charge in [-0.25, -0.2) is 0 Å². The Kier molecular flexibility index (Phi) is 2.25. The molecule has 1 aliphatic heterocycles. The molecule has 2 rings (SSSR count). The monoisotopic (exact) mass is 211 g/mol. The van der Waals surface area contributed by atoms with Gasteiger partial charge in [0.2, 0.25) is 11.8 Å². The molecule has 2 aliphatic rings. The summed E-state index contributed by atoms with van der Waals surface area (Å²) in [5, 5.41) is 8.80. The molecule has 82 valence electrons. The molecule has 5 heteroatoms. The summed E-state index contributed by atoms with van der Waals surface area (Å²) in [4.78, 5) is 35.0. The molecule has 0 unspecified atom stereocenters. The number of amides is 2. The number of carbonyl (C=O) groups is 3. The Labute approximate surface area is 87.1 Å². The Morgan fingerprint density at radius 1 is 1.27 bits per heavy atom. The van der Waals surface area contributed by atoms with E-state index in [0.29, 0.717) is 12.8 Å². The lowest BCUT2D eigenvalue weighted by molar-refractivity contribution is -0.154. The highest BCUT2D eigenvalue weighted by Crippen LogP contribution is 2.43. The molecule has 1 saturated carbocycles. The summed E-state index contributed by atoms with van der Waals surface area (Å²) in [6.45, 7) is 0. The molecule has 0 spiro atoms. The van der Waals surface area contributed by atoms with Gasteiger partial charge in [0, 0.05) is 12.8 Å². The first-order chi connectivity index (χ1) is 7.05. The van der Waals surface area contributed by atoms with E-state index in [0.717, 1.165) is 6.42 Å². The number of hydrogen-bond acceptors (Lipinski definition) is 3. The van der Waals surface area contributed by atoms with Crippen LogP contribution < -0.4 is 0 Å². The summed E-state index contributed by atoms with van der Waals surface area (Å²) >= 11 is 0. The van der Waals surface area contributed by atoms with Gasteiger partial charge in [-0.15, -0.1) is 0 Å². The van der Waals surface area contributed by atoms with Crippen molar-refractivity contribution < 1.29 is 19.5 Å². The van der Waals surface area contributed by atoms with E-state index in [4.69, 9.17) is 5.11 Å². The molecule has 0 radical (unpaired) electrons. The summed E-state index contributed by atoms with van der Waals surface area (Å²) in [5.41, 5.74) is -0.698. The summed E-state index contributed by atoms with van der Waals surface area (Å²) in [6.07, 6.45) is 2.53. The van der Waals surface area contributed by atoms with Gasteiger partial charge in [0.1, 0.15) is 0 Å². The van der Waals surface area contributed by atoms with Gasteiger partial charge in [-0.3, -0.25) is 19.3 Å². The van der Waals surface area contributed by atoms with Gasteiger partial charge in [-0.1, -0.05) is 0 Å². The zero-order valence-corrected chi connectivity index (χ0v) is 8.36. The fourth-order valence-corrected chi connectivity index (χ4v) is 2.45. The number of hydrogen-bond donors (Lipinski definition) is 1.